The lowest BCUT2D eigenvalue weighted by molar-refractivity contribution is -0.141. The van der Waals surface area contributed by atoms with Crippen LogP contribution in [0.25, 0.3) is 0 Å². The molecule has 0 aliphatic carbocycles. The number of carboxylic acid groups (broad SMARTS) is 1. The molecule has 2 aliphatic rings. The Morgan fingerprint density at radius 3 is 2.71 bits per heavy atom. The molecule has 2 fully saturated rings. The minimum absolute atomic E-state index is 0.0153. The molecule has 0 radical (unpaired) electrons. The van der Waals surface area contributed by atoms with Crippen molar-refractivity contribution in [1.82, 2.24) is 9.80 Å². The van der Waals surface area contributed by atoms with Crippen molar-refractivity contribution >= 4 is 23.8 Å². The van der Waals surface area contributed by atoms with Crippen LogP contribution < -0.4 is 0 Å². The third kappa shape index (κ3) is 2.68. The summed E-state index contributed by atoms with van der Waals surface area (Å²) in [7, 11) is 0. The highest BCUT2D eigenvalue weighted by Crippen LogP contribution is 2.22. The molecule has 17 heavy (non-hydrogen) atoms. The smallest absolute Gasteiger partial charge is 0.320 e. The van der Waals surface area contributed by atoms with E-state index in [2.05, 4.69) is 6.92 Å². The average Bonchev–Trinajstić information content (AvgIpc) is 2.78. The van der Waals surface area contributed by atoms with Crippen LogP contribution in [-0.2, 0) is 4.79 Å². The molecule has 2 amide bonds. The summed E-state index contributed by atoms with van der Waals surface area (Å²) < 4.78 is 0. The zero-order valence-corrected chi connectivity index (χ0v) is 10.8. The van der Waals surface area contributed by atoms with Gasteiger partial charge in [-0.05, 0) is 13.3 Å². The van der Waals surface area contributed by atoms with Crippen molar-refractivity contribution < 1.29 is 14.7 Å². The molecule has 0 spiro atoms. The third-order valence-electron chi connectivity index (χ3n) is 3.42. The highest BCUT2D eigenvalue weighted by atomic mass is 32.2. The van der Waals surface area contributed by atoms with Gasteiger partial charge in [-0.3, -0.25) is 4.79 Å². The summed E-state index contributed by atoms with van der Waals surface area (Å²) in [6, 6.07) is 0.270. The Morgan fingerprint density at radius 2 is 2.12 bits per heavy atom. The van der Waals surface area contributed by atoms with Crippen LogP contribution in [0.5, 0.6) is 0 Å². The molecule has 2 unspecified atom stereocenters. The molecule has 2 aliphatic heterocycles. The summed E-state index contributed by atoms with van der Waals surface area (Å²) in [5, 5.41) is 8.92. The molecular weight excluding hydrogens is 240 g/mol. The van der Waals surface area contributed by atoms with Gasteiger partial charge < -0.3 is 14.9 Å². The van der Waals surface area contributed by atoms with Crippen molar-refractivity contribution in [1.29, 1.82) is 0 Å². The van der Waals surface area contributed by atoms with Crippen LogP contribution in [-0.4, -0.2) is 64.1 Å². The SMILES string of the molecule is CC1CSCCN1C(=O)N1CCC(C(=O)O)C1. The number of nitrogens with zero attached hydrogens (tertiary/aromatic N) is 2. The lowest BCUT2D eigenvalue weighted by Gasteiger charge is -2.35. The second-order valence-corrected chi connectivity index (χ2v) is 5.82. The Morgan fingerprint density at radius 1 is 1.35 bits per heavy atom. The van der Waals surface area contributed by atoms with Gasteiger partial charge in [0.1, 0.15) is 0 Å². The van der Waals surface area contributed by atoms with E-state index in [4.69, 9.17) is 5.11 Å². The fourth-order valence-corrected chi connectivity index (χ4v) is 3.34. The van der Waals surface area contributed by atoms with Crippen LogP contribution in [0, 0.1) is 5.92 Å². The summed E-state index contributed by atoms with van der Waals surface area (Å²) in [5.74, 6) is 0.782. The molecule has 2 heterocycles. The quantitative estimate of drug-likeness (QED) is 0.760. The maximum absolute atomic E-state index is 12.2. The number of carboxylic acids is 1. The van der Waals surface area contributed by atoms with Crippen LogP contribution in [0.15, 0.2) is 0 Å². The standard InChI is InChI=1S/C11H18N2O3S/c1-8-7-17-5-4-13(8)11(16)12-3-2-9(6-12)10(14)15/h8-9H,2-7H2,1H3,(H,14,15). The maximum Gasteiger partial charge on any atom is 0.320 e. The van der Waals surface area contributed by atoms with E-state index in [-0.39, 0.29) is 18.0 Å². The first-order valence-electron chi connectivity index (χ1n) is 5.95. The van der Waals surface area contributed by atoms with Gasteiger partial charge in [0.15, 0.2) is 0 Å². The number of hydrogen-bond acceptors (Lipinski definition) is 3. The predicted molar refractivity (Wildman–Crippen MR) is 66.2 cm³/mol. The summed E-state index contributed by atoms with van der Waals surface area (Å²) in [5.41, 5.74) is 0. The van der Waals surface area contributed by atoms with Gasteiger partial charge in [0, 0.05) is 37.2 Å². The van der Waals surface area contributed by atoms with Gasteiger partial charge >= 0.3 is 12.0 Å². The zero-order valence-electron chi connectivity index (χ0n) is 9.96. The fraction of sp³-hybridized carbons (Fsp3) is 0.818. The van der Waals surface area contributed by atoms with E-state index in [1.165, 1.54) is 0 Å². The van der Waals surface area contributed by atoms with E-state index in [1.807, 2.05) is 16.7 Å². The molecule has 2 rings (SSSR count). The second kappa shape index (κ2) is 5.16. The van der Waals surface area contributed by atoms with Crippen LogP contribution in [0.4, 0.5) is 4.79 Å². The molecule has 5 nitrogen and oxygen atoms in total. The number of aliphatic carboxylic acids is 1. The molecule has 0 aromatic carbocycles. The number of thioether (sulfide) groups is 1. The number of amides is 2. The Kier molecular flexibility index (Phi) is 3.81. The molecular formula is C11H18N2O3S. The van der Waals surface area contributed by atoms with Gasteiger partial charge in [-0.1, -0.05) is 0 Å². The minimum Gasteiger partial charge on any atom is -0.481 e. The van der Waals surface area contributed by atoms with Crippen molar-refractivity contribution in [2.24, 2.45) is 5.92 Å². The van der Waals surface area contributed by atoms with Crippen LogP contribution in [0.2, 0.25) is 0 Å². The molecule has 0 bridgehead atoms. The van der Waals surface area contributed by atoms with Gasteiger partial charge in [0.25, 0.3) is 0 Å². The van der Waals surface area contributed by atoms with Gasteiger partial charge in [-0.2, -0.15) is 11.8 Å². The van der Waals surface area contributed by atoms with E-state index in [0.29, 0.717) is 19.5 Å². The number of urea groups is 1. The Balaban J connectivity index is 1.94. The highest BCUT2D eigenvalue weighted by molar-refractivity contribution is 7.99. The topological polar surface area (TPSA) is 60.9 Å². The Hall–Kier alpha value is -0.910. The van der Waals surface area contributed by atoms with E-state index in [1.54, 1.807) is 4.90 Å². The number of rotatable bonds is 1. The molecule has 6 heteroatoms. The van der Waals surface area contributed by atoms with Gasteiger partial charge in [-0.15, -0.1) is 0 Å². The first-order chi connectivity index (χ1) is 8.09. The minimum atomic E-state index is -0.789. The van der Waals surface area contributed by atoms with Crippen molar-refractivity contribution in [3.8, 4) is 0 Å². The number of carbonyl (C=O) groups excluding carboxylic acids is 1. The van der Waals surface area contributed by atoms with Gasteiger partial charge in [0.05, 0.1) is 5.92 Å². The summed E-state index contributed by atoms with van der Waals surface area (Å²) >= 11 is 1.87. The lowest BCUT2D eigenvalue weighted by Crippen LogP contribution is -2.50. The van der Waals surface area contributed by atoms with E-state index >= 15 is 0 Å². The van der Waals surface area contributed by atoms with E-state index in [0.717, 1.165) is 18.1 Å². The molecule has 1 N–H and O–H groups in total. The molecule has 0 saturated carbocycles. The van der Waals surface area contributed by atoms with Crippen LogP contribution in [0.3, 0.4) is 0 Å². The molecule has 2 atom stereocenters. The summed E-state index contributed by atoms with van der Waals surface area (Å²) in [6.45, 7) is 3.77. The number of carbonyl (C=O) groups is 2. The predicted octanol–water partition coefficient (Wildman–Crippen LogP) is 0.950. The van der Waals surface area contributed by atoms with Gasteiger partial charge in [0.2, 0.25) is 0 Å². The lowest BCUT2D eigenvalue weighted by atomic mass is 10.1. The highest BCUT2D eigenvalue weighted by Gasteiger charge is 2.34. The van der Waals surface area contributed by atoms with Crippen LogP contribution >= 0.6 is 11.8 Å². The average molecular weight is 258 g/mol. The van der Waals surface area contributed by atoms with Crippen molar-refractivity contribution in [3.63, 3.8) is 0 Å². The molecule has 0 aromatic rings. The van der Waals surface area contributed by atoms with E-state index < -0.39 is 5.97 Å². The van der Waals surface area contributed by atoms with Gasteiger partial charge in [-0.25, -0.2) is 4.79 Å². The van der Waals surface area contributed by atoms with Crippen LogP contribution in [0.1, 0.15) is 13.3 Å². The summed E-state index contributed by atoms with van der Waals surface area (Å²) in [4.78, 5) is 26.6. The normalized spacial score (nSPS) is 29.5. The van der Waals surface area contributed by atoms with Crippen molar-refractivity contribution in [2.45, 2.75) is 19.4 Å². The zero-order chi connectivity index (χ0) is 12.4. The number of likely N-dealkylation sites (tertiary alicyclic amines) is 1. The first kappa shape index (κ1) is 12.5. The van der Waals surface area contributed by atoms with E-state index in [9.17, 15) is 9.59 Å². The van der Waals surface area contributed by atoms with Crippen molar-refractivity contribution in [3.05, 3.63) is 0 Å². The third-order valence-corrected chi connectivity index (χ3v) is 4.61. The molecule has 0 aromatic heterocycles. The Labute approximate surface area is 105 Å². The monoisotopic (exact) mass is 258 g/mol. The molecule has 2 saturated heterocycles. The summed E-state index contributed by atoms with van der Waals surface area (Å²) in [6.07, 6.45) is 0.581. The maximum atomic E-state index is 12.2. The largest absolute Gasteiger partial charge is 0.481 e. The Bertz CT molecular complexity index is 324. The number of hydrogen-bond donors (Lipinski definition) is 1. The molecule has 96 valence electrons. The van der Waals surface area contributed by atoms with Crippen molar-refractivity contribution in [2.75, 3.05) is 31.1 Å². The first-order valence-corrected chi connectivity index (χ1v) is 7.11. The second-order valence-electron chi connectivity index (χ2n) is 4.67. The fourth-order valence-electron chi connectivity index (χ4n) is 2.33.